The summed E-state index contributed by atoms with van der Waals surface area (Å²) in [6.07, 6.45) is 0.682. The molecule has 0 radical (unpaired) electrons. The van der Waals surface area contributed by atoms with E-state index in [0.29, 0.717) is 13.0 Å². The molecule has 0 aliphatic rings. The predicted octanol–water partition coefficient (Wildman–Crippen LogP) is 0.797. The number of ether oxygens (including phenoxy) is 2. The first-order chi connectivity index (χ1) is 12.8. The SMILES string of the molecule is CCCNC(=O)NC(=O)COC(=O)CNC(=O)c1ccccc1OC(F)F. The van der Waals surface area contributed by atoms with Crippen molar-refractivity contribution in [3.63, 3.8) is 0 Å². The molecule has 0 aromatic heterocycles. The van der Waals surface area contributed by atoms with E-state index in [1.54, 1.807) is 0 Å². The van der Waals surface area contributed by atoms with E-state index >= 15 is 0 Å². The van der Waals surface area contributed by atoms with Crippen molar-refractivity contribution in [3.8, 4) is 5.75 Å². The van der Waals surface area contributed by atoms with Crippen LogP contribution in [0.15, 0.2) is 24.3 Å². The van der Waals surface area contributed by atoms with E-state index in [2.05, 4.69) is 20.1 Å². The highest BCUT2D eigenvalue weighted by Crippen LogP contribution is 2.19. The molecule has 1 aromatic carbocycles. The van der Waals surface area contributed by atoms with E-state index < -0.39 is 43.6 Å². The number of halogens is 2. The molecule has 0 unspecified atom stereocenters. The van der Waals surface area contributed by atoms with Gasteiger partial charge in [-0.05, 0) is 18.6 Å². The van der Waals surface area contributed by atoms with Crippen LogP contribution in [0.25, 0.3) is 0 Å². The van der Waals surface area contributed by atoms with Crippen molar-refractivity contribution in [2.45, 2.75) is 20.0 Å². The van der Waals surface area contributed by atoms with E-state index in [-0.39, 0.29) is 11.3 Å². The minimum atomic E-state index is -3.11. The number of nitrogens with one attached hydrogen (secondary N) is 3. The lowest BCUT2D eigenvalue weighted by Gasteiger charge is -2.11. The fourth-order valence-corrected chi connectivity index (χ4v) is 1.74. The second-order valence-corrected chi connectivity index (χ2v) is 5.02. The quantitative estimate of drug-likeness (QED) is 0.539. The highest BCUT2D eigenvalue weighted by molar-refractivity contribution is 5.98. The van der Waals surface area contributed by atoms with Gasteiger partial charge in [0.15, 0.2) is 6.61 Å². The third-order valence-electron chi connectivity index (χ3n) is 2.89. The molecule has 0 spiro atoms. The number of hydrogen-bond acceptors (Lipinski definition) is 6. The summed E-state index contributed by atoms with van der Waals surface area (Å²) in [6, 6.07) is 4.52. The summed E-state index contributed by atoms with van der Waals surface area (Å²) in [5.41, 5.74) is -0.198. The van der Waals surface area contributed by atoms with Crippen LogP contribution in [0.3, 0.4) is 0 Å². The zero-order valence-corrected chi connectivity index (χ0v) is 14.4. The number of amides is 4. The number of carbonyl (C=O) groups is 4. The molecular weight excluding hydrogens is 368 g/mol. The lowest BCUT2D eigenvalue weighted by molar-refractivity contribution is -0.147. The number of rotatable bonds is 9. The molecule has 1 rings (SSSR count). The number of carbonyl (C=O) groups excluding carboxylic acids is 4. The summed E-state index contributed by atoms with van der Waals surface area (Å²) < 4.78 is 33.4. The Morgan fingerprint density at radius 3 is 2.48 bits per heavy atom. The van der Waals surface area contributed by atoms with Crippen LogP contribution in [-0.2, 0) is 14.3 Å². The molecule has 3 N–H and O–H groups in total. The number of benzene rings is 1. The van der Waals surface area contributed by atoms with Gasteiger partial charge in [-0.2, -0.15) is 8.78 Å². The lowest BCUT2D eigenvalue weighted by Crippen LogP contribution is -2.42. The molecule has 4 amide bonds. The predicted molar refractivity (Wildman–Crippen MR) is 88.2 cm³/mol. The number of para-hydroxylation sites is 1. The number of alkyl halides is 2. The van der Waals surface area contributed by atoms with Crippen molar-refractivity contribution in [1.82, 2.24) is 16.0 Å². The van der Waals surface area contributed by atoms with Crippen LogP contribution in [-0.4, -0.2) is 50.1 Å². The maximum absolute atomic E-state index is 12.3. The standard InChI is InChI=1S/C16H19F2N3O6/c1-2-7-19-16(25)21-12(22)9-26-13(23)8-20-14(24)10-5-3-4-6-11(10)27-15(17)18/h3-6,15H,2,7-9H2,1H3,(H,20,24)(H2,19,21,22,25). The molecule has 0 atom stereocenters. The summed E-state index contributed by atoms with van der Waals surface area (Å²) in [5, 5.41) is 6.49. The number of hydrogen-bond donors (Lipinski definition) is 3. The normalized spacial score (nSPS) is 10.1. The van der Waals surface area contributed by atoms with E-state index in [9.17, 15) is 28.0 Å². The van der Waals surface area contributed by atoms with E-state index in [1.165, 1.54) is 24.3 Å². The molecule has 27 heavy (non-hydrogen) atoms. The molecule has 9 nitrogen and oxygen atoms in total. The highest BCUT2D eigenvalue weighted by Gasteiger charge is 2.17. The number of urea groups is 1. The van der Waals surface area contributed by atoms with Gasteiger partial charge in [0.2, 0.25) is 0 Å². The maximum atomic E-state index is 12.3. The zero-order valence-electron chi connectivity index (χ0n) is 14.4. The highest BCUT2D eigenvalue weighted by atomic mass is 19.3. The largest absolute Gasteiger partial charge is 0.454 e. The average molecular weight is 387 g/mol. The van der Waals surface area contributed by atoms with Crippen LogP contribution >= 0.6 is 0 Å². The minimum Gasteiger partial charge on any atom is -0.454 e. The van der Waals surface area contributed by atoms with Crippen molar-refractivity contribution in [2.75, 3.05) is 19.7 Å². The molecule has 11 heteroatoms. The fraction of sp³-hybridized carbons (Fsp3) is 0.375. The summed E-state index contributed by atoms with van der Waals surface area (Å²) in [7, 11) is 0. The third kappa shape index (κ3) is 8.61. The Balaban J connectivity index is 2.41. The van der Waals surface area contributed by atoms with Gasteiger partial charge >= 0.3 is 18.6 Å². The van der Waals surface area contributed by atoms with Crippen molar-refractivity contribution >= 4 is 23.8 Å². The van der Waals surface area contributed by atoms with Crippen molar-refractivity contribution in [2.24, 2.45) is 0 Å². The molecule has 0 saturated carbocycles. The Labute approximate surface area is 153 Å². The summed E-state index contributed by atoms with van der Waals surface area (Å²) in [4.78, 5) is 46.1. The first-order valence-corrected chi connectivity index (χ1v) is 7.88. The van der Waals surface area contributed by atoms with Gasteiger partial charge < -0.3 is 20.1 Å². The fourth-order valence-electron chi connectivity index (χ4n) is 1.74. The molecule has 0 saturated heterocycles. The van der Waals surface area contributed by atoms with Crippen LogP contribution in [0.2, 0.25) is 0 Å². The van der Waals surface area contributed by atoms with E-state index in [0.717, 1.165) is 0 Å². The van der Waals surface area contributed by atoms with E-state index in [1.807, 2.05) is 12.2 Å². The lowest BCUT2D eigenvalue weighted by atomic mass is 10.2. The monoisotopic (exact) mass is 387 g/mol. The number of imide groups is 1. The Hall–Kier alpha value is -3.24. The van der Waals surface area contributed by atoms with Crippen LogP contribution in [0.5, 0.6) is 5.75 Å². The second-order valence-electron chi connectivity index (χ2n) is 5.02. The summed E-state index contributed by atoms with van der Waals surface area (Å²) >= 11 is 0. The van der Waals surface area contributed by atoms with Gasteiger partial charge in [0, 0.05) is 6.54 Å². The van der Waals surface area contributed by atoms with Crippen LogP contribution in [0.4, 0.5) is 13.6 Å². The summed E-state index contributed by atoms with van der Waals surface area (Å²) in [6.45, 7) is -2.24. The van der Waals surface area contributed by atoms with Gasteiger partial charge in [-0.15, -0.1) is 0 Å². The topological polar surface area (TPSA) is 123 Å². The van der Waals surface area contributed by atoms with E-state index in [4.69, 9.17) is 0 Å². The van der Waals surface area contributed by atoms with Gasteiger partial charge in [0.05, 0.1) is 5.56 Å². The smallest absolute Gasteiger partial charge is 0.387 e. The van der Waals surface area contributed by atoms with Gasteiger partial charge in [-0.3, -0.25) is 19.7 Å². The van der Waals surface area contributed by atoms with Gasteiger partial charge in [-0.1, -0.05) is 19.1 Å². The Morgan fingerprint density at radius 2 is 1.81 bits per heavy atom. The third-order valence-corrected chi connectivity index (χ3v) is 2.89. The van der Waals surface area contributed by atoms with Crippen molar-refractivity contribution < 1.29 is 37.4 Å². The maximum Gasteiger partial charge on any atom is 0.387 e. The molecule has 148 valence electrons. The Bertz CT molecular complexity index is 684. The Morgan fingerprint density at radius 1 is 1.11 bits per heavy atom. The molecular formula is C16H19F2N3O6. The molecule has 0 aliphatic heterocycles. The second kappa shape index (κ2) is 11.4. The summed E-state index contributed by atoms with van der Waals surface area (Å²) in [5.74, 6) is -3.00. The van der Waals surface area contributed by atoms with Gasteiger partial charge in [-0.25, -0.2) is 4.79 Å². The Kier molecular flexibility index (Phi) is 9.20. The first-order valence-electron chi connectivity index (χ1n) is 7.88. The molecule has 0 fully saturated rings. The minimum absolute atomic E-state index is 0.198. The van der Waals surface area contributed by atoms with Crippen LogP contribution in [0, 0.1) is 0 Å². The van der Waals surface area contributed by atoms with Crippen molar-refractivity contribution in [1.29, 1.82) is 0 Å². The average Bonchev–Trinajstić information content (AvgIpc) is 2.62. The van der Waals surface area contributed by atoms with Crippen molar-refractivity contribution in [3.05, 3.63) is 29.8 Å². The van der Waals surface area contributed by atoms with Gasteiger partial charge in [0.25, 0.3) is 11.8 Å². The first kappa shape index (κ1) is 21.8. The van der Waals surface area contributed by atoms with Crippen LogP contribution in [0.1, 0.15) is 23.7 Å². The molecule has 0 aliphatic carbocycles. The molecule has 0 heterocycles. The molecule has 1 aromatic rings. The van der Waals surface area contributed by atoms with Gasteiger partial charge in [0.1, 0.15) is 12.3 Å². The number of esters is 1. The zero-order chi connectivity index (χ0) is 20.2. The van der Waals surface area contributed by atoms with Crippen LogP contribution < -0.4 is 20.7 Å². The molecule has 0 bridgehead atoms.